The summed E-state index contributed by atoms with van der Waals surface area (Å²) in [6.45, 7) is 2.14. The van der Waals surface area contributed by atoms with Crippen LogP contribution >= 0.6 is 0 Å². The lowest BCUT2D eigenvalue weighted by atomic mass is 9.87. The van der Waals surface area contributed by atoms with Gasteiger partial charge in [-0.3, -0.25) is 0 Å². The van der Waals surface area contributed by atoms with Gasteiger partial charge in [0, 0.05) is 12.6 Å². The topological polar surface area (TPSA) is 38.0 Å². The second-order valence-corrected chi connectivity index (χ2v) is 4.71. The van der Waals surface area contributed by atoms with Crippen LogP contribution in [-0.2, 0) is 0 Å². The number of allylic oxidation sites excluding steroid dienone is 1. The highest BCUT2D eigenvalue weighted by molar-refractivity contribution is 5.09. The van der Waals surface area contributed by atoms with E-state index in [1.54, 1.807) is 5.57 Å². The SMILES string of the molecule is NC1CNCCC1C=C1CCCCC1. The molecule has 14 heavy (non-hydrogen) atoms. The van der Waals surface area contributed by atoms with Gasteiger partial charge in [0.1, 0.15) is 0 Å². The summed E-state index contributed by atoms with van der Waals surface area (Å²) in [5.74, 6) is 0.643. The molecule has 2 rings (SSSR count). The van der Waals surface area contributed by atoms with Crippen molar-refractivity contribution in [3.8, 4) is 0 Å². The molecule has 2 nitrogen and oxygen atoms in total. The van der Waals surface area contributed by atoms with Gasteiger partial charge in [-0.1, -0.05) is 18.1 Å². The Morgan fingerprint density at radius 1 is 1.21 bits per heavy atom. The van der Waals surface area contributed by atoms with Crippen molar-refractivity contribution < 1.29 is 0 Å². The minimum atomic E-state index is 0.346. The zero-order valence-electron chi connectivity index (χ0n) is 8.97. The summed E-state index contributed by atoms with van der Waals surface area (Å²) >= 11 is 0. The van der Waals surface area contributed by atoms with Crippen molar-refractivity contribution in [2.45, 2.75) is 44.6 Å². The Hall–Kier alpha value is -0.340. The van der Waals surface area contributed by atoms with E-state index in [1.165, 1.54) is 38.5 Å². The summed E-state index contributed by atoms with van der Waals surface area (Å²) in [6, 6.07) is 0.346. The summed E-state index contributed by atoms with van der Waals surface area (Å²) in [4.78, 5) is 0. The maximum Gasteiger partial charge on any atom is 0.0229 e. The third kappa shape index (κ3) is 2.58. The molecule has 0 aromatic rings. The third-order valence-electron chi connectivity index (χ3n) is 3.53. The Morgan fingerprint density at radius 2 is 2.00 bits per heavy atom. The summed E-state index contributed by atoms with van der Waals surface area (Å²) in [5, 5.41) is 3.35. The number of nitrogens with one attached hydrogen (secondary N) is 1. The van der Waals surface area contributed by atoms with Crippen LogP contribution in [0, 0.1) is 5.92 Å². The molecule has 2 unspecified atom stereocenters. The van der Waals surface area contributed by atoms with Crippen LogP contribution in [0.3, 0.4) is 0 Å². The second kappa shape index (κ2) is 4.94. The van der Waals surface area contributed by atoms with E-state index in [0.717, 1.165) is 13.1 Å². The molecule has 2 atom stereocenters. The Labute approximate surface area is 86.9 Å². The van der Waals surface area contributed by atoms with Crippen LogP contribution in [0.4, 0.5) is 0 Å². The average molecular weight is 194 g/mol. The van der Waals surface area contributed by atoms with Gasteiger partial charge in [0.15, 0.2) is 0 Å². The zero-order chi connectivity index (χ0) is 9.80. The molecule has 0 amide bonds. The van der Waals surface area contributed by atoms with E-state index in [0.29, 0.717) is 12.0 Å². The maximum atomic E-state index is 6.09. The Bertz CT molecular complexity index is 202. The molecular weight excluding hydrogens is 172 g/mol. The van der Waals surface area contributed by atoms with E-state index in [9.17, 15) is 0 Å². The molecule has 0 spiro atoms. The number of rotatable bonds is 1. The van der Waals surface area contributed by atoms with Gasteiger partial charge in [-0.05, 0) is 44.6 Å². The summed E-state index contributed by atoms with van der Waals surface area (Å²) in [7, 11) is 0. The molecule has 0 aromatic carbocycles. The van der Waals surface area contributed by atoms with Crippen molar-refractivity contribution in [2.24, 2.45) is 11.7 Å². The molecule has 3 N–H and O–H groups in total. The quantitative estimate of drug-likeness (QED) is 0.625. The van der Waals surface area contributed by atoms with Crippen LogP contribution in [-0.4, -0.2) is 19.1 Å². The molecule has 1 aliphatic heterocycles. The summed E-state index contributed by atoms with van der Waals surface area (Å²) < 4.78 is 0. The molecule has 1 saturated carbocycles. The first kappa shape index (κ1) is 10.2. The Kier molecular flexibility index (Phi) is 3.60. The summed E-state index contributed by atoms with van der Waals surface area (Å²) in [5.41, 5.74) is 7.77. The predicted octanol–water partition coefficient (Wildman–Crippen LogP) is 1.81. The lowest BCUT2D eigenvalue weighted by Crippen LogP contribution is -2.45. The predicted molar refractivity (Wildman–Crippen MR) is 60.1 cm³/mol. The van der Waals surface area contributed by atoms with Crippen LogP contribution < -0.4 is 11.1 Å². The van der Waals surface area contributed by atoms with Crippen LogP contribution in [0.5, 0.6) is 0 Å². The van der Waals surface area contributed by atoms with Crippen molar-refractivity contribution in [2.75, 3.05) is 13.1 Å². The number of nitrogens with two attached hydrogens (primary N) is 1. The standard InChI is InChI=1S/C12H22N2/c13-12-9-14-7-6-11(12)8-10-4-2-1-3-5-10/h8,11-12,14H,1-7,9,13H2. The highest BCUT2D eigenvalue weighted by Crippen LogP contribution is 2.26. The van der Waals surface area contributed by atoms with Gasteiger partial charge in [0.25, 0.3) is 0 Å². The van der Waals surface area contributed by atoms with Gasteiger partial charge in [0.05, 0.1) is 0 Å². The van der Waals surface area contributed by atoms with E-state index < -0.39 is 0 Å². The minimum absolute atomic E-state index is 0.346. The van der Waals surface area contributed by atoms with Crippen LogP contribution in [0.2, 0.25) is 0 Å². The highest BCUT2D eigenvalue weighted by atomic mass is 14.9. The van der Waals surface area contributed by atoms with Gasteiger partial charge < -0.3 is 11.1 Å². The molecule has 1 saturated heterocycles. The first-order valence-corrected chi connectivity index (χ1v) is 6.02. The Balaban J connectivity index is 1.92. The monoisotopic (exact) mass is 194 g/mol. The molecule has 2 fully saturated rings. The van der Waals surface area contributed by atoms with E-state index in [2.05, 4.69) is 11.4 Å². The van der Waals surface area contributed by atoms with Crippen molar-refractivity contribution >= 4 is 0 Å². The third-order valence-corrected chi connectivity index (χ3v) is 3.53. The average Bonchev–Trinajstić information content (AvgIpc) is 2.23. The molecule has 0 aromatic heterocycles. The molecule has 0 radical (unpaired) electrons. The van der Waals surface area contributed by atoms with Crippen molar-refractivity contribution in [1.29, 1.82) is 0 Å². The number of hydrogen-bond acceptors (Lipinski definition) is 2. The Morgan fingerprint density at radius 3 is 2.71 bits per heavy atom. The number of piperidine rings is 1. The molecule has 0 bridgehead atoms. The lowest BCUT2D eigenvalue weighted by molar-refractivity contribution is 0.376. The van der Waals surface area contributed by atoms with Gasteiger partial charge in [-0.25, -0.2) is 0 Å². The highest BCUT2D eigenvalue weighted by Gasteiger charge is 2.20. The van der Waals surface area contributed by atoms with Crippen molar-refractivity contribution in [3.05, 3.63) is 11.6 Å². The smallest absolute Gasteiger partial charge is 0.0229 e. The summed E-state index contributed by atoms with van der Waals surface area (Å²) in [6.07, 6.45) is 10.6. The van der Waals surface area contributed by atoms with E-state index in [-0.39, 0.29) is 0 Å². The van der Waals surface area contributed by atoms with Gasteiger partial charge in [-0.2, -0.15) is 0 Å². The molecule has 1 aliphatic carbocycles. The zero-order valence-corrected chi connectivity index (χ0v) is 8.97. The lowest BCUT2D eigenvalue weighted by Gasteiger charge is -2.28. The molecular formula is C12H22N2. The van der Waals surface area contributed by atoms with Crippen LogP contribution in [0.1, 0.15) is 38.5 Å². The fourth-order valence-corrected chi connectivity index (χ4v) is 2.59. The van der Waals surface area contributed by atoms with E-state index in [4.69, 9.17) is 5.73 Å². The van der Waals surface area contributed by atoms with Crippen LogP contribution in [0.15, 0.2) is 11.6 Å². The van der Waals surface area contributed by atoms with Gasteiger partial charge in [0.2, 0.25) is 0 Å². The van der Waals surface area contributed by atoms with Gasteiger partial charge >= 0.3 is 0 Å². The van der Waals surface area contributed by atoms with Crippen molar-refractivity contribution in [1.82, 2.24) is 5.32 Å². The largest absolute Gasteiger partial charge is 0.326 e. The first-order valence-electron chi connectivity index (χ1n) is 6.02. The fourth-order valence-electron chi connectivity index (χ4n) is 2.59. The normalized spacial score (nSPS) is 34.2. The maximum absolute atomic E-state index is 6.09. The molecule has 80 valence electrons. The van der Waals surface area contributed by atoms with E-state index >= 15 is 0 Å². The first-order chi connectivity index (χ1) is 6.86. The van der Waals surface area contributed by atoms with Gasteiger partial charge in [-0.15, -0.1) is 0 Å². The molecule has 1 heterocycles. The second-order valence-electron chi connectivity index (χ2n) is 4.71. The minimum Gasteiger partial charge on any atom is -0.326 e. The molecule has 2 aliphatic rings. The van der Waals surface area contributed by atoms with Crippen LogP contribution in [0.25, 0.3) is 0 Å². The molecule has 2 heteroatoms. The number of hydrogen-bond donors (Lipinski definition) is 2. The fraction of sp³-hybridized carbons (Fsp3) is 0.833. The van der Waals surface area contributed by atoms with E-state index in [1.807, 2.05) is 0 Å². The van der Waals surface area contributed by atoms with Crippen molar-refractivity contribution in [3.63, 3.8) is 0 Å².